The minimum absolute atomic E-state index is 0.0133. The van der Waals surface area contributed by atoms with E-state index in [4.69, 9.17) is 4.98 Å². The summed E-state index contributed by atoms with van der Waals surface area (Å²) in [4.78, 5) is 11.0. The van der Waals surface area contributed by atoms with Crippen LogP contribution in [0.3, 0.4) is 0 Å². The van der Waals surface area contributed by atoms with Crippen molar-refractivity contribution in [3.05, 3.63) is 259 Å². The summed E-state index contributed by atoms with van der Waals surface area (Å²) in [6, 6.07) is 90.6. The summed E-state index contributed by atoms with van der Waals surface area (Å²) in [5.74, 6) is 0.920. The van der Waals surface area contributed by atoms with E-state index >= 15 is 0 Å². The molecule has 2 aliphatic rings. The summed E-state index contributed by atoms with van der Waals surface area (Å²) in [5, 5.41) is 5.32. The number of para-hydroxylation sites is 1. The van der Waals surface area contributed by atoms with Crippen LogP contribution in [0.25, 0.3) is 28.1 Å². The molecule has 0 saturated heterocycles. The van der Waals surface area contributed by atoms with Gasteiger partial charge < -0.3 is 9.80 Å². The van der Waals surface area contributed by atoms with Crippen molar-refractivity contribution in [1.29, 1.82) is 0 Å². The van der Waals surface area contributed by atoms with E-state index in [9.17, 15) is 0 Å². The highest BCUT2D eigenvalue weighted by Crippen LogP contribution is 2.46. The molecule has 0 amide bonds. The van der Waals surface area contributed by atoms with Gasteiger partial charge in [-0.15, -0.1) is 0 Å². The van der Waals surface area contributed by atoms with Crippen LogP contribution in [0.4, 0.5) is 34.1 Å². The van der Waals surface area contributed by atoms with Crippen LogP contribution in [0, 0.1) is 0 Å². The van der Waals surface area contributed by atoms with Gasteiger partial charge in [0, 0.05) is 45.4 Å². The highest BCUT2D eigenvalue weighted by Gasteiger charge is 2.48. The molecule has 11 aromatic rings. The summed E-state index contributed by atoms with van der Waals surface area (Å²) in [6.45, 7) is 27.6. The molecule has 13 rings (SSSR count). The molecular formula is C77H75BN4Si. The van der Waals surface area contributed by atoms with Crippen molar-refractivity contribution in [1.82, 2.24) is 9.55 Å². The van der Waals surface area contributed by atoms with Gasteiger partial charge >= 0.3 is 0 Å². The maximum absolute atomic E-state index is 5.75. The molecule has 0 saturated carbocycles. The zero-order valence-electron chi connectivity index (χ0n) is 50.4. The minimum atomic E-state index is -3.16. The Hall–Kier alpha value is -8.45. The van der Waals surface area contributed by atoms with Crippen LogP contribution in [0.2, 0.25) is 0 Å². The first-order valence-corrected chi connectivity index (χ1v) is 31.7. The summed E-state index contributed by atoms with van der Waals surface area (Å²) in [7, 11) is -3.16. The predicted molar refractivity (Wildman–Crippen MR) is 359 cm³/mol. The molecule has 1 aromatic heterocycles. The van der Waals surface area contributed by atoms with E-state index in [1.807, 2.05) is 0 Å². The molecule has 6 heteroatoms. The molecule has 0 unspecified atom stereocenters. The summed E-state index contributed by atoms with van der Waals surface area (Å²) < 4.78 is 2.40. The largest absolute Gasteiger partial charge is 0.311 e. The second kappa shape index (κ2) is 19.9. The number of aromatic nitrogens is 2. The Kier molecular flexibility index (Phi) is 12.9. The Morgan fingerprint density at radius 1 is 0.337 bits per heavy atom. The number of anilines is 6. The molecule has 4 nitrogen and oxygen atoms in total. The third kappa shape index (κ3) is 9.18. The fourth-order valence-corrected chi connectivity index (χ4v) is 18.0. The van der Waals surface area contributed by atoms with Crippen molar-refractivity contribution < 1.29 is 0 Å². The van der Waals surface area contributed by atoms with Crippen LogP contribution in [-0.4, -0.2) is 24.3 Å². The molecule has 10 aromatic carbocycles. The molecule has 0 bridgehead atoms. The monoisotopic (exact) mass is 1090 g/mol. The second-order valence-corrected chi connectivity index (χ2v) is 31.1. The normalized spacial score (nSPS) is 13.5. The molecular weight excluding hydrogens is 1020 g/mol. The van der Waals surface area contributed by atoms with Gasteiger partial charge in [-0.25, -0.2) is 4.98 Å². The molecule has 0 fully saturated rings. The van der Waals surface area contributed by atoms with Crippen LogP contribution >= 0.6 is 0 Å². The van der Waals surface area contributed by atoms with Crippen LogP contribution in [0.1, 0.15) is 105 Å². The van der Waals surface area contributed by atoms with Crippen molar-refractivity contribution in [3.63, 3.8) is 0 Å². The molecule has 0 spiro atoms. The zero-order valence-corrected chi connectivity index (χ0v) is 51.4. The highest BCUT2D eigenvalue weighted by atomic mass is 28.3. The fraction of sp³-hybridized carbons (Fsp3) is 0.208. The van der Waals surface area contributed by atoms with Crippen LogP contribution in [0.5, 0.6) is 0 Å². The Balaban J connectivity index is 1.21. The van der Waals surface area contributed by atoms with E-state index < -0.39 is 8.07 Å². The Bertz CT molecular complexity index is 4100. The average Bonchev–Trinajstić information content (AvgIpc) is 3.88. The van der Waals surface area contributed by atoms with E-state index in [0.717, 1.165) is 45.2 Å². The minimum Gasteiger partial charge on any atom is -0.311 e. The molecule has 0 radical (unpaired) electrons. The van der Waals surface area contributed by atoms with Gasteiger partial charge in [0.15, 0.2) is 8.07 Å². The topological polar surface area (TPSA) is 24.3 Å². The van der Waals surface area contributed by atoms with Crippen molar-refractivity contribution in [3.8, 4) is 17.1 Å². The third-order valence-electron chi connectivity index (χ3n) is 17.8. The number of imidazole rings is 1. The van der Waals surface area contributed by atoms with Crippen molar-refractivity contribution >= 4 is 97.1 Å². The lowest BCUT2D eigenvalue weighted by atomic mass is 9.33. The number of hydrogen-bond acceptors (Lipinski definition) is 3. The SMILES string of the molecule is CC(C)(C)c1ccc(-c2nc3cc4c(cc3n2-c2ccccc2)B2c3cc(C(C)(C)C)ccc3N(c3ccc(C(C)(C)C)cc3)c3cc([Si](c5ccccc5)(c5ccccc5)c5ccccc5)cc(c32)N4c2ccc(C(C)(C)C)cc2)cc1. The van der Waals surface area contributed by atoms with E-state index in [1.165, 1.54) is 76.5 Å². The summed E-state index contributed by atoms with van der Waals surface area (Å²) in [6.07, 6.45) is 0. The lowest BCUT2D eigenvalue weighted by Gasteiger charge is -2.46. The molecule has 2 aliphatic heterocycles. The van der Waals surface area contributed by atoms with Gasteiger partial charge in [-0.1, -0.05) is 253 Å². The molecule has 3 heterocycles. The van der Waals surface area contributed by atoms with Gasteiger partial charge in [0.2, 0.25) is 0 Å². The highest BCUT2D eigenvalue weighted by molar-refractivity contribution is 7.20. The molecule has 83 heavy (non-hydrogen) atoms. The molecule has 0 aliphatic carbocycles. The van der Waals surface area contributed by atoms with E-state index in [-0.39, 0.29) is 28.4 Å². The van der Waals surface area contributed by atoms with Gasteiger partial charge in [0.25, 0.3) is 6.71 Å². The lowest BCUT2D eigenvalue weighted by molar-refractivity contribution is 0.590. The van der Waals surface area contributed by atoms with Crippen LogP contribution in [0.15, 0.2) is 237 Å². The Morgan fingerprint density at radius 2 is 0.735 bits per heavy atom. The molecule has 410 valence electrons. The number of nitrogens with zero attached hydrogens (tertiary/aromatic N) is 4. The average molecular weight is 1100 g/mol. The van der Waals surface area contributed by atoms with Crippen molar-refractivity contribution in [2.45, 2.75) is 105 Å². The number of benzene rings is 10. The zero-order chi connectivity index (χ0) is 57.8. The van der Waals surface area contributed by atoms with Crippen LogP contribution in [-0.2, 0) is 21.7 Å². The van der Waals surface area contributed by atoms with Crippen molar-refractivity contribution in [2.24, 2.45) is 0 Å². The fourth-order valence-electron chi connectivity index (χ4n) is 13.2. The van der Waals surface area contributed by atoms with Crippen molar-refractivity contribution in [2.75, 3.05) is 9.80 Å². The maximum Gasteiger partial charge on any atom is 0.252 e. The Labute approximate surface area is 494 Å². The van der Waals surface area contributed by atoms with Crippen LogP contribution < -0.4 is 46.9 Å². The van der Waals surface area contributed by atoms with Gasteiger partial charge in [0.05, 0.1) is 11.0 Å². The van der Waals surface area contributed by atoms with Gasteiger partial charge in [-0.3, -0.25) is 4.57 Å². The summed E-state index contributed by atoms with van der Waals surface area (Å²) >= 11 is 0. The van der Waals surface area contributed by atoms with Gasteiger partial charge in [-0.05, 0) is 148 Å². The number of rotatable bonds is 8. The second-order valence-electron chi connectivity index (χ2n) is 27.3. The third-order valence-corrected chi connectivity index (χ3v) is 22.5. The number of fused-ring (bicyclic) bond motifs is 5. The predicted octanol–water partition coefficient (Wildman–Crippen LogP) is 15.3. The van der Waals surface area contributed by atoms with Gasteiger partial charge in [-0.2, -0.15) is 0 Å². The first-order valence-electron chi connectivity index (χ1n) is 29.7. The molecule has 0 N–H and O–H groups in total. The first kappa shape index (κ1) is 53.8. The molecule has 0 atom stereocenters. The Morgan fingerprint density at radius 3 is 1.18 bits per heavy atom. The quantitative estimate of drug-likeness (QED) is 0.112. The first-order chi connectivity index (χ1) is 39.7. The standard InChI is InChI=1S/C77H75BN4Si/c1-74(2,3)53-35-33-52(34-36-53)73-79-66-51-68-65(50-69(66)82(73)57-25-17-13-18-26-57)78-64-47-56(77(10,11)12)41-46-67(64)80(58-42-37-54(38-43-58)75(4,5)6)70-48-63(49-71(72(70)78)81(68)59-44-39-55(40-45-59)76(7,8)9)83(60-27-19-14-20-28-60,61-29-21-15-22-30-61)62-31-23-16-24-32-62/h13-51H,1-12H3. The lowest BCUT2D eigenvalue weighted by Crippen LogP contribution is -2.75. The maximum atomic E-state index is 5.75. The summed E-state index contributed by atoms with van der Waals surface area (Å²) in [5.41, 5.74) is 20.0. The van der Waals surface area contributed by atoms with E-state index in [0.29, 0.717) is 0 Å². The van der Waals surface area contributed by atoms with Gasteiger partial charge in [0.1, 0.15) is 5.82 Å². The van der Waals surface area contributed by atoms with E-state index in [2.05, 4.69) is 334 Å². The van der Waals surface area contributed by atoms with E-state index in [1.54, 1.807) is 0 Å². The smallest absolute Gasteiger partial charge is 0.252 e. The number of hydrogen-bond donors (Lipinski definition) is 0.